The fraction of sp³-hybridized carbons (Fsp3) is 0.250. The topological polar surface area (TPSA) is 76.4 Å². The van der Waals surface area contributed by atoms with E-state index < -0.39 is 10.7 Å². The van der Waals surface area contributed by atoms with Gasteiger partial charge in [-0.25, -0.2) is 4.39 Å². The zero-order valence-corrected chi connectivity index (χ0v) is 12.6. The minimum Gasteiger partial charge on any atom is -0.494 e. The third kappa shape index (κ3) is 3.09. The van der Waals surface area contributed by atoms with Crippen molar-refractivity contribution in [2.45, 2.75) is 19.6 Å². The van der Waals surface area contributed by atoms with Crippen LogP contribution < -0.4 is 15.4 Å². The van der Waals surface area contributed by atoms with Crippen molar-refractivity contribution >= 4 is 11.4 Å². The van der Waals surface area contributed by atoms with Crippen LogP contribution in [0, 0.1) is 15.9 Å². The Morgan fingerprint density at radius 3 is 2.83 bits per heavy atom. The highest BCUT2D eigenvalue weighted by Crippen LogP contribution is 2.32. The summed E-state index contributed by atoms with van der Waals surface area (Å²) < 4.78 is 18.5. The van der Waals surface area contributed by atoms with E-state index in [1.807, 2.05) is 12.1 Å². The maximum atomic E-state index is 13.6. The molecule has 0 saturated heterocycles. The number of ether oxygens (including phenoxy) is 1. The lowest BCUT2D eigenvalue weighted by Crippen LogP contribution is -2.04. The molecular formula is C16H16FN3O3. The summed E-state index contributed by atoms with van der Waals surface area (Å²) in [5, 5.41) is 17.3. The van der Waals surface area contributed by atoms with Crippen LogP contribution in [0.25, 0.3) is 0 Å². The van der Waals surface area contributed by atoms with E-state index in [1.54, 1.807) is 0 Å². The van der Waals surface area contributed by atoms with Gasteiger partial charge in [-0.05, 0) is 16.7 Å². The summed E-state index contributed by atoms with van der Waals surface area (Å²) in [5.41, 5.74) is 3.42. The Bertz CT molecular complexity index is 764. The maximum absolute atomic E-state index is 13.6. The van der Waals surface area contributed by atoms with Crippen molar-refractivity contribution in [3.63, 3.8) is 0 Å². The standard InChI is InChI=1S/C16H16FN3O3/c1-23-16-6-14(15(20(21)22)5-13(16)17)19-7-10-2-3-11-8-18-9-12(11)4-10/h2-6,18-19H,7-9H2,1H3. The Morgan fingerprint density at radius 1 is 1.30 bits per heavy atom. The fourth-order valence-corrected chi connectivity index (χ4v) is 2.65. The van der Waals surface area contributed by atoms with E-state index in [9.17, 15) is 14.5 Å². The van der Waals surface area contributed by atoms with Gasteiger partial charge in [-0.1, -0.05) is 18.2 Å². The van der Waals surface area contributed by atoms with Crippen molar-refractivity contribution in [2.75, 3.05) is 12.4 Å². The molecule has 0 fully saturated rings. The normalized spacial score (nSPS) is 12.8. The number of anilines is 1. The Labute approximate surface area is 132 Å². The third-order valence-corrected chi connectivity index (χ3v) is 3.85. The van der Waals surface area contributed by atoms with Crippen molar-refractivity contribution in [3.05, 3.63) is 63.0 Å². The SMILES string of the molecule is COc1cc(NCc2ccc3c(c2)CNC3)c([N+](=O)[O-])cc1F. The number of nitro benzene ring substituents is 1. The number of fused-ring (bicyclic) bond motifs is 1. The van der Waals surface area contributed by atoms with Gasteiger partial charge in [-0.3, -0.25) is 10.1 Å². The monoisotopic (exact) mass is 317 g/mol. The zero-order valence-electron chi connectivity index (χ0n) is 12.6. The van der Waals surface area contributed by atoms with E-state index in [1.165, 1.54) is 24.3 Å². The molecule has 3 rings (SSSR count). The number of rotatable bonds is 5. The molecule has 2 aromatic rings. The molecule has 0 spiro atoms. The lowest BCUT2D eigenvalue weighted by atomic mass is 10.1. The first-order valence-corrected chi connectivity index (χ1v) is 7.15. The summed E-state index contributed by atoms with van der Waals surface area (Å²) in [6, 6.07) is 8.27. The number of nitro groups is 1. The number of nitrogens with zero attached hydrogens (tertiary/aromatic N) is 1. The molecule has 23 heavy (non-hydrogen) atoms. The largest absolute Gasteiger partial charge is 0.494 e. The summed E-state index contributed by atoms with van der Waals surface area (Å²) in [7, 11) is 1.32. The first-order valence-electron chi connectivity index (χ1n) is 7.15. The molecule has 0 saturated carbocycles. The summed E-state index contributed by atoms with van der Waals surface area (Å²) >= 11 is 0. The fourth-order valence-electron chi connectivity index (χ4n) is 2.65. The van der Waals surface area contributed by atoms with E-state index >= 15 is 0 Å². The molecule has 1 heterocycles. The van der Waals surface area contributed by atoms with Crippen LogP contribution in [0.2, 0.25) is 0 Å². The van der Waals surface area contributed by atoms with Crippen LogP contribution in [0.4, 0.5) is 15.8 Å². The van der Waals surface area contributed by atoms with E-state index in [0.29, 0.717) is 6.54 Å². The number of hydrogen-bond donors (Lipinski definition) is 2. The minimum absolute atomic E-state index is 0.0312. The van der Waals surface area contributed by atoms with Crippen molar-refractivity contribution in [2.24, 2.45) is 0 Å². The molecule has 0 radical (unpaired) electrons. The lowest BCUT2D eigenvalue weighted by molar-refractivity contribution is -0.384. The highest BCUT2D eigenvalue weighted by Gasteiger charge is 2.19. The third-order valence-electron chi connectivity index (χ3n) is 3.85. The molecular weight excluding hydrogens is 301 g/mol. The van der Waals surface area contributed by atoms with Gasteiger partial charge in [-0.2, -0.15) is 0 Å². The van der Waals surface area contributed by atoms with Crippen LogP contribution in [0.5, 0.6) is 5.75 Å². The van der Waals surface area contributed by atoms with Gasteiger partial charge >= 0.3 is 0 Å². The van der Waals surface area contributed by atoms with Crippen molar-refractivity contribution < 1.29 is 14.1 Å². The molecule has 0 unspecified atom stereocenters. The predicted octanol–water partition coefficient (Wildman–Crippen LogP) is 2.96. The second-order valence-corrected chi connectivity index (χ2v) is 5.32. The van der Waals surface area contributed by atoms with Gasteiger partial charge in [0, 0.05) is 25.7 Å². The van der Waals surface area contributed by atoms with Gasteiger partial charge in [0.1, 0.15) is 5.69 Å². The van der Waals surface area contributed by atoms with Crippen LogP contribution >= 0.6 is 0 Å². The molecule has 0 aliphatic carbocycles. The molecule has 120 valence electrons. The average molecular weight is 317 g/mol. The van der Waals surface area contributed by atoms with Crippen molar-refractivity contribution in [3.8, 4) is 5.75 Å². The van der Waals surface area contributed by atoms with Gasteiger partial charge in [0.15, 0.2) is 11.6 Å². The summed E-state index contributed by atoms with van der Waals surface area (Å²) in [6.45, 7) is 2.10. The molecule has 1 aliphatic rings. The Morgan fingerprint density at radius 2 is 2.09 bits per heavy atom. The number of methoxy groups -OCH3 is 1. The highest BCUT2D eigenvalue weighted by molar-refractivity contribution is 5.64. The van der Waals surface area contributed by atoms with Crippen LogP contribution in [0.1, 0.15) is 16.7 Å². The number of nitrogens with one attached hydrogen (secondary N) is 2. The van der Waals surface area contributed by atoms with Crippen molar-refractivity contribution in [1.29, 1.82) is 0 Å². The quantitative estimate of drug-likeness (QED) is 0.655. The zero-order chi connectivity index (χ0) is 16.4. The molecule has 0 aromatic heterocycles. The molecule has 6 nitrogen and oxygen atoms in total. The first kappa shape index (κ1) is 15.2. The molecule has 0 bridgehead atoms. The van der Waals surface area contributed by atoms with E-state index in [0.717, 1.165) is 24.7 Å². The van der Waals surface area contributed by atoms with Crippen LogP contribution in [0.3, 0.4) is 0 Å². The second kappa shape index (κ2) is 6.21. The molecule has 0 amide bonds. The van der Waals surface area contributed by atoms with Crippen LogP contribution in [-0.4, -0.2) is 12.0 Å². The molecule has 0 atom stereocenters. The Hall–Kier alpha value is -2.67. The number of benzene rings is 2. The summed E-state index contributed by atoms with van der Waals surface area (Å²) in [5.74, 6) is -0.787. The van der Waals surface area contributed by atoms with E-state index in [2.05, 4.69) is 16.7 Å². The van der Waals surface area contributed by atoms with Gasteiger partial charge in [0.2, 0.25) is 0 Å². The van der Waals surface area contributed by atoms with E-state index in [4.69, 9.17) is 4.74 Å². The van der Waals surface area contributed by atoms with E-state index in [-0.39, 0.29) is 17.1 Å². The molecule has 2 aromatic carbocycles. The predicted molar refractivity (Wildman–Crippen MR) is 83.9 cm³/mol. The first-order chi connectivity index (χ1) is 11.1. The van der Waals surface area contributed by atoms with Crippen LogP contribution in [0.15, 0.2) is 30.3 Å². The Kier molecular flexibility index (Phi) is 4.12. The number of hydrogen-bond acceptors (Lipinski definition) is 5. The smallest absolute Gasteiger partial charge is 0.295 e. The summed E-state index contributed by atoms with van der Waals surface area (Å²) in [6.07, 6.45) is 0. The summed E-state index contributed by atoms with van der Waals surface area (Å²) in [4.78, 5) is 10.5. The minimum atomic E-state index is -0.756. The van der Waals surface area contributed by atoms with Gasteiger partial charge < -0.3 is 15.4 Å². The van der Waals surface area contributed by atoms with Gasteiger partial charge in [-0.15, -0.1) is 0 Å². The highest BCUT2D eigenvalue weighted by atomic mass is 19.1. The van der Waals surface area contributed by atoms with Crippen molar-refractivity contribution in [1.82, 2.24) is 5.32 Å². The van der Waals surface area contributed by atoms with Gasteiger partial charge in [0.25, 0.3) is 5.69 Å². The van der Waals surface area contributed by atoms with Crippen LogP contribution in [-0.2, 0) is 19.6 Å². The van der Waals surface area contributed by atoms with Gasteiger partial charge in [0.05, 0.1) is 18.1 Å². The Balaban J connectivity index is 1.83. The average Bonchev–Trinajstić information content (AvgIpc) is 3.00. The molecule has 7 heteroatoms. The molecule has 1 aliphatic heterocycles. The maximum Gasteiger partial charge on any atom is 0.295 e. The second-order valence-electron chi connectivity index (χ2n) is 5.32. The number of halogens is 1. The molecule has 2 N–H and O–H groups in total. The lowest BCUT2D eigenvalue weighted by Gasteiger charge is -2.10.